The molecule has 0 saturated carbocycles. The van der Waals surface area contributed by atoms with Crippen LogP contribution < -0.4 is 5.73 Å². The van der Waals surface area contributed by atoms with Crippen LogP contribution in [0.4, 0.5) is 0 Å². The monoisotopic (exact) mass is 248 g/mol. The number of hydrogen-bond acceptors (Lipinski definition) is 3. The first-order chi connectivity index (χ1) is 8.74. The van der Waals surface area contributed by atoms with E-state index in [4.69, 9.17) is 10.5 Å². The fourth-order valence-corrected chi connectivity index (χ4v) is 2.78. The molecule has 1 heterocycles. The zero-order valence-electron chi connectivity index (χ0n) is 11.3. The second-order valence-corrected chi connectivity index (χ2v) is 5.52. The van der Waals surface area contributed by atoms with Crippen molar-refractivity contribution in [2.75, 3.05) is 33.4 Å². The Bertz CT molecular complexity index is 347. The van der Waals surface area contributed by atoms with Crippen LogP contribution in [-0.4, -0.2) is 38.3 Å². The van der Waals surface area contributed by atoms with E-state index in [2.05, 4.69) is 42.3 Å². The average molecular weight is 248 g/mol. The molecule has 1 aromatic carbocycles. The molecule has 0 radical (unpaired) electrons. The Balaban J connectivity index is 1.91. The highest BCUT2D eigenvalue weighted by atomic mass is 16.5. The summed E-state index contributed by atoms with van der Waals surface area (Å²) in [6.07, 6.45) is 2.32. The van der Waals surface area contributed by atoms with Crippen molar-refractivity contribution in [1.82, 2.24) is 4.90 Å². The molecule has 1 fully saturated rings. The largest absolute Gasteiger partial charge is 0.381 e. The highest BCUT2D eigenvalue weighted by molar-refractivity contribution is 5.14. The third-order valence-corrected chi connectivity index (χ3v) is 3.74. The molecule has 2 N–H and O–H groups in total. The van der Waals surface area contributed by atoms with Crippen molar-refractivity contribution in [3.8, 4) is 0 Å². The Morgan fingerprint density at radius 3 is 2.72 bits per heavy atom. The van der Waals surface area contributed by atoms with E-state index in [0.29, 0.717) is 6.54 Å². The molecule has 1 atom stereocenters. The predicted octanol–water partition coefficient (Wildman–Crippen LogP) is 1.87. The molecule has 3 heteroatoms. The highest BCUT2D eigenvalue weighted by Crippen LogP contribution is 2.28. The minimum atomic E-state index is 0.155. The van der Waals surface area contributed by atoms with Crippen LogP contribution in [0.15, 0.2) is 30.3 Å². The Labute approximate surface area is 110 Å². The smallest absolute Gasteiger partial charge is 0.0546 e. The van der Waals surface area contributed by atoms with Crippen molar-refractivity contribution in [2.45, 2.75) is 19.4 Å². The SMILES string of the molecule is CN(Cc1ccccc1)CC1(CN)CCCOC1. The summed E-state index contributed by atoms with van der Waals surface area (Å²) in [5, 5.41) is 0. The predicted molar refractivity (Wildman–Crippen MR) is 74.3 cm³/mol. The number of rotatable bonds is 5. The van der Waals surface area contributed by atoms with E-state index < -0.39 is 0 Å². The zero-order valence-corrected chi connectivity index (χ0v) is 11.3. The molecule has 18 heavy (non-hydrogen) atoms. The van der Waals surface area contributed by atoms with Gasteiger partial charge in [0.15, 0.2) is 0 Å². The van der Waals surface area contributed by atoms with E-state index in [0.717, 1.165) is 32.7 Å². The number of ether oxygens (including phenoxy) is 1. The highest BCUT2D eigenvalue weighted by Gasteiger charge is 2.32. The normalized spacial score (nSPS) is 24.4. The van der Waals surface area contributed by atoms with Gasteiger partial charge >= 0.3 is 0 Å². The fourth-order valence-electron chi connectivity index (χ4n) is 2.78. The first-order valence-corrected chi connectivity index (χ1v) is 6.74. The van der Waals surface area contributed by atoms with E-state index in [1.807, 2.05) is 0 Å². The van der Waals surface area contributed by atoms with Gasteiger partial charge in [0.05, 0.1) is 6.61 Å². The van der Waals surface area contributed by atoms with Crippen LogP contribution in [-0.2, 0) is 11.3 Å². The molecule has 1 unspecified atom stereocenters. The molecule has 1 aromatic rings. The lowest BCUT2D eigenvalue weighted by Crippen LogP contribution is -2.46. The third-order valence-electron chi connectivity index (χ3n) is 3.74. The van der Waals surface area contributed by atoms with E-state index in [1.165, 1.54) is 12.0 Å². The Morgan fingerprint density at radius 2 is 2.11 bits per heavy atom. The minimum absolute atomic E-state index is 0.155. The van der Waals surface area contributed by atoms with Crippen LogP contribution in [0.3, 0.4) is 0 Å². The summed E-state index contributed by atoms with van der Waals surface area (Å²) in [4.78, 5) is 2.36. The summed E-state index contributed by atoms with van der Waals surface area (Å²) < 4.78 is 5.62. The summed E-state index contributed by atoms with van der Waals surface area (Å²) >= 11 is 0. The Morgan fingerprint density at radius 1 is 1.33 bits per heavy atom. The van der Waals surface area contributed by atoms with Crippen LogP contribution in [0.1, 0.15) is 18.4 Å². The van der Waals surface area contributed by atoms with Crippen molar-refractivity contribution >= 4 is 0 Å². The standard InChI is InChI=1S/C15H24N2O/c1-17(10-14-6-3-2-4-7-14)12-15(11-16)8-5-9-18-13-15/h2-4,6-7H,5,8-13,16H2,1H3. The molecule has 1 saturated heterocycles. The summed E-state index contributed by atoms with van der Waals surface area (Å²) in [5.41, 5.74) is 7.48. The number of nitrogens with two attached hydrogens (primary N) is 1. The molecule has 0 amide bonds. The van der Waals surface area contributed by atoms with Gasteiger partial charge in [-0.15, -0.1) is 0 Å². The van der Waals surface area contributed by atoms with Crippen LogP contribution in [0.2, 0.25) is 0 Å². The molecular formula is C15H24N2O. The van der Waals surface area contributed by atoms with Gasteiger partial charge in [-0.3, -0.25) is 0 Å². The van der Waals surface area contributed by atoms with E-state index >= 15 is 0 Å². The maximum Gasteiger partial charge on any atom is 0.0546 e. The molecule has 0 aromatic heterocycles. The van der Waals surface area contributed by atoms with Crippen molar-refractivity contribution in [2.24, 2.45) is 11.1 Å². The van der Waals surface area contributed by atoms with Gasteiger partial charge in [0, 0.05) is 31.7 Å². The number of hydrogen-bond donors (Lipinski definition) is 1. The lowest BCUT2D eigenvalue weighted by Gasteiger charge is -2.39. The second-order valence-electron chi connectivity index (χ2n) is 5.52. The minimum Gasteiger partial charge on any atom is -0.381 e. The zero-order chi connectivity index (χ0) is 12.8. The average Bonchev–Trinajstić information content (AvgIpc) is 2.41. The van der Waals surface area contributed by atoms with Gasteiger partial charge < -0.3 is 15.4 Å². The molecule has 1 aliphatic rings. The van der Waals surface area contributed by atoms with Gasteiger partial charge in [-0.1, -0.05) is 30.3 Å². The van der Waals surface area contributed by atoms with Gasteiger partial charge in [0.25, 0.3) is 0 Å². The quantitative estimate of drug-likeness (QED) is 0.864. The van der Waals surface area contributed by atoms with Gasteiger partial charge in [0.2, 0.25) is 0 Å². The van der Waals surface area contributed by atoms with Crippen LogP contribution in [0.25, 0.3) is 0 Å². The topological polar surface area (TPSA) is 38.5 Å². The van der Waals surface area contributed by atoms with Crippen LogP contribution in [0.5, 0.6) is 0 Å². The first-order valence-electron chi connectivity index (χ1n) is 6.74. The van der Waals surface area contributed by atoms with Gasteiger partial charge in [0.1, 0.15) is 0 Å². The van der Waals surface area contributed by atoms with Crippen LogP contribution in [0, 0.1) is 5.41 Å². The molecule has 1 aliphatic heterocycles. The molecule has 2 rings (SSSR count). The summed E-state index contributed by atoms with van der Waals surface area (Å²) in [5.74, 6) is 0. The third kappa shape index (κ3) is 3.55. The van der Waals surface area contributed by atoms with Crippen LogP contribution >= 0.6 is 0 Å². The summed E-state index contributed by atoms with van der Waals surface area (Å²) in [6, 6.07) is 10.6. The lowest BCUT2D eigenvalue weighted by molar-refractivity contribution is -0.0192. The lowest BCUT2D eigenvalue weighted by atomic mass is 9.82. The number of nitrogens with zero attached hydrogens (tertiary/aromatic N) is 1. The molecule has 0 bridgehead atoms. The maximum atomic E-state index is 5.97. The van der Waals surface area contributed by atoms with Gasteiger partial charge in [-0.25, -0.2) is 0 Å². The molecule has 3 nitrogen and oxygen atoms in total. The second kappa shape index (κ2) is 6.32. The van der Waals surface area contributed by atoms with Crippen molar-refractivity contribution in [1.29, 1.82) is 0 Å². The van der Waals surface area contributed by atoms with Crippen molar-refractivity contribution < 1.29 is 4.74 Å². The molecule has 0 aliphatic carbocycles. The Kier molecular flexibility index (Phi) is 4.75. The summed E-state index contributed by atoms with van der Waals surface area (Å²) in [7, 11) is 2.17. The van der Waals surface area contributed by atoms with E-state index in [1.54, 1.807) is 0 Å². The van der Waals surface area contributed by atoms with Crippen molar-refractivity contribution in [3.05, 3.63) is 35.9 Å². The number of benzene rings is 1. The summed E-state index contributed by atoms with van der Waals surface area (Å²) in [6.45, 7) is 4.40. The van der Waals surface area contributed by atoms with E-state index in [-0.39, 0.29) is 5.41 Å². The maximum absolute atomic E-state index is 5.97. The first kappa shape index (κ1) is 13.5. The van der Waals surface area contributed by atoms with Gasteiger partial charge in [-0.2, -0.15) is 0 Å². The van der Waals surface area contributed by atoms with Gasteiger partial charge in [-0.05, 0) is 25.5 Å². The molecular weight excluding hydrogens is 224 g/mol. The Hall–Kier alpha value is -0.900. The van der Waals surface area contributed by atoms with Crippen molar-refractivity contribution in [3.63, 3.8) is 0 Å². The molecule has 100 valence electrons. The van der Waals surface area contributed by atoms with E-state index in [9.17, 15) is 0 Å². The molecule has 0 spiro atoms. The fraction of sp³-hybridized carbons (Fsp3) is 0.600.